The molecule has 2 aliphatic rings. The average molecular weight is 420 g/mol. The molecule has 0 radical (unpaired) electrons. The van der Waals surface area contributed by atoms with E-state index in [0.29, 0.717) is 5.92 Å². The highest BCUT2D eigenvalue weighted by Crippen LogP contribution is 2.44. The predicted molar refractivity (Wildman–Crippen MR) is 129 cm³/mol. The van der Waals surface area contributed by atoms with Gasteiger partial charge in [0.1, 0.15) is 10.8 Å². The Hall–Kier alpha value is -2.13. The van der Waals surface area contributed by atoms with Crippen molar-refractivity contribution in [1.29, 1.82) is 0 Å². The van der Waals surface area contributed by atoms with Gasteiger partial charge in [0.15, 0.2) is 0 Å². The van der Waals surface area contributed by atoms with Crippen molar-refractivity contribution in [2.24, 2.45) is 5.92 Å². The summed E-state index contributed by atoms with van der Waals surface area (Å²) < 4.78 is 6.16. The monoisotopic (exact) mass is 419 g/mol. The number of thiazole rings is 1. The molecule has 2 atom stereocenters. The van der Waals surface area contributed by atoms with Crippen LogP contribution in [0.4, 0.5) is 0 Å². The number of nitrogens with zero attached hydrogens (tertiary/aromatic N) is 1. The molecule has 0 N–H and O–H groups in total. The molecular formula is C27H33NOS. The van der Waals surface area contributed by atoms with Gasteiger partial charge in [0.05, 0.1) is 11.0 Å². The van der Waals surface area contributed by atoms with Gasteiger partial charge in [-0.25, -0.2) is 4.98 Å². The Labute approximate surface area is 185 Å². The molecule has 1 aromatic heterocycles. The lowest BCUT2D eigenvalue weighted by molar-refractivity contribution is 0.151. The fraction of sp³-hybridized carbons (Fsp3) is 0.444. The van der Waals surface area contributed by atoms with E-state index in [4.69, 9.17) is 9.72 Å². The number of aromatic nitrogens is 1. The van der Waals surface area contributed by atoms with Crippen LogP contribution in [-0.2, 0) is 11.2 Å². The van der Waals surface area contributed by atoms with Crippen LogP contribution in [0.15, 0.2) is 53.5 Å². The zero-order valence-corrected chi connectivity index (χ0v) is 19.9. The lowest BCUT2D eigenvalue weighted by atomic mass is 9.84. The van der Waals surface area contributed by atoms with Crippen LogP contribution < -0.4 is 0 Å². The van der Waals surface area contributed by atoms with Gasteiger partial charge in [-0.15, -0.1) is 11.3 Å². The number of rotatable bonds is 5. The molecule has 0 saturated carbocycles. The van der Waals surface area contributed by atoms with Crippen LogP contribution in [0.3, 0.4) is 0 Å². The molecule has 1 aromatic carbocycles. The van der Waals surface area contributed by atoms with Crippen molar-refractivity contribution in [3.63, 3.8) is 0 Å². The van der Waals surface area contributed by atoms with Crippen LogP contribution in [0, 0.1) is 5.92 Å². The second kappa shape index (κ2) is 8.55. The first-order valence-electron chi connectivity index (χ1n) is 11.3. The van der Waals surface area contributed by atoms with Crippen LogP contribution in [0.5, 0.6) is 0 Å². The van der Waals surface area contributed by atoms with E-state index in [9.17, 15) is 0 Å². The highest BCUT2D eigenvalue weighted by atomic mass is 32.1. The van der Waals surface area contributed by atoms with Crippen LogP contribution in [0.25, 0.3) is 16.0 Å². The number of allylic oxidation sites excluding steroid dienone is 5. The minimum atomic E-state index is 0.173. The molecular weight excluding hydrogens is 386 g/mol. The highest BCUT2D eigenvalue weighted by molar-refractivity contribution is 7.16. The molecule has 2 aliphatic carbocycles. The summed E-state index contributed by atoms with van der Waals surface area (Å²) in [5.74, 6) is 1.97. The summed E-state index contributed by atoms with van der Waals surface area (Å²) >= 11 is 1.83. The molecule has 0 spiro atoms. The van der Waals surface area contributed by atoms with E-state index in [1.54, 1.807) is 0 Å². The Bertz CT molecular complexity index is 1040. The first-order chi connectivity index (χ1) is 14.4. The van der Waals surface area contributed by atoms with E-state index in [1.165, 1.54) is 51.1 Å². The van der Waals surface area contributed by atoms with Gasteiger partial charge in [-0.2, -0.15) is 0 Å². The van der Waals surface area contributed by atoms with E-state index in [1.807, 2.05) is 11.3 Å². The number of hydrogen-bond acceptors (Lipinski definition) is 3. The van der Waals surface area contributed by atoms with Crippen molar-refractivity contribution in [3.05, 3.63) is 69.6 Å². The summed E-state index contributed by atoms with van der Waals surface area (Å²) in [5.41, 5.74) is 8.45. The van der Waals surface area contributed by atoms with E-state index >= 15 is 0 Å². The van der Waals surface area contributed by atoms with Gasteiger partial charge in [-0.05, 0) is 74.3 Å². The summed E-state index contributed by atoms with van der Waals surface area (Å²) in [5, 5.41) is 1.13. The molecule has 2 aromatic rings. The molecule has 2 nitrogen and oxygen atoms in total. The fourth-order valence-electron chi connectivity index (χ4n) is 4.78. The van der Waals surface area contributed by atoms with E-state index in [-0.39, 0.29) is 12.0 Å². The van der Waals surface area contributed by atoms with Crippen LogP contribution >= 0.6 is 11.3 Å². The molecule has 1 heterocycles. The third kappa shape index (κ3) is 3.80. The minimum absolute atomic E-state index is 0.173. The Morgan fingerprint density at radius 3 is 2.77 bits per heavy atom. The van der Waals surface area contributed by atoms with Crippen molar-refractivity contribution in [2.75, 3.05) is 0 Å². The van der Waals surface area contributed by atoms with Crippen LogP contribution in [-0.4, -0.2) is 11.1 Å². The minimum Gasteiger partial charge on any atom is -0.491 e. The SMILES string of the molecule is CC/C(C)=C1/C(OC(C)C)=CC=C(c2ncc(-c3cccc4c3CCC4C)s2)C1C. The molecule has 0 aliphatic heterocycles. The average Bonchev–Trinajstić information content (AvgIpc) is 3.35. The number of fused-ring (bicyclic) bond motifs is 1. The van der Waals surface area contributed by atoms with Gasteiger partial charge in [0.25, 0.3) is 0 Å². The fourth-order valence-corrected chi connectivity index (χ4v) is 5.86. The largest absolute Gasteiger partial charge is 0.491 e. The molecule has 0 fully saturated rings. The molecule has 2 unspecified atom stereocenters. The van der Waals surface area contributed by atoms with Crippen molar-refractivity contribution in [2.45, 2.75) is 72.8 Å². The lowest BCUT2D eigenvalue weighted by Crippen LogP contribution is -2.15. The van der Waals surface area contributed by atoms with Gasteiger partial charge < -0.3 is 4.74 Å². The maximum atomic E-state index is 6.16. The number of benzene rings is 1. The second-order valence-electron chi connectivity index (χ2n) is 8.93. The smallest absolute Gasteiger partial charge is 0.123 e. The summed E-state index contributed by atoms with van der Waals surface area (Å²) in [7, 11) is 0. The standard InChI is InChI=1S/C27H33NOS/c1-7-17(4)26-19(6)21(13-14-24(26)29-16(2)3)27-28-15-25(30-27)23-10-8-9-20-18(5)11-12-22(20)23/h8-10,13-16,18-19H,7,11-12H2,1-6H3/b26-17+. The van der Waals surface area contributed by atoms with E-state index in [0.717, 1.165) is 17.2 Å². The number of hydrogen-bond donors (Lipinski definition) is 0. The first-order valence-corrected chi connectivity index (χ1v) is 12.1. The summed E-state index contributed by atoms with van der Waals surface area (Å²) in [6.07, 6.45) is 10.1. The maximum Gasteiger partial charge on any atom is 0.123 e. The molecule has 0 amide bonds. The highest BCUT2D eigenvalue weighted by Gasteiger charge is 2.28. The van der Waals surface area contributed by atoms with Crippen molar-refractivity contribution in [1.82, 2.24) is 4.98 Å². The summed E-state index contributed by atoms with van der Waals surface area (Å²) in [6.45, 7) is 13.3. The first kappa shape index (κ1) is 21.1. The zero-order valence-electron chi connectivity index (χ0n) is 19.1. The van der Waals surface area contributed by atoms with Crippen molar-refractivity contribution >= 4 is 16.9 Å². The van der Waals surface area contributed by atoms with E-state index < -0.39 is 0 Å². The predicted octanol–water partition coefficient (Wildman–Crippen LogP) is 7.93. The Morgan fingerprint density at radius 1 is 1.23 bits per heavy atom. The number of ether oxygens (including phenoxy) is 1. The summed E-state index contributed by atoms with van der Waals surface area (Å²) in [6, 6.07) is 6.78. The molecule has 0 bridgehead atoms. The zero-order chi connectivity index (χ0) is 21.4. The molecule has 4 rings (SSSR count). The van der Waals surface area contributed by atoms with Gasteiger partial charge in [0.2, 0.25) is 0 Å². The third-order valence-corrected chi connectivity index (χ3v) is 7.60. The van der Waals surface area contributed by atoms with Crippen LogP contribution in [0.1, 0.15) is 76.4 Å². The van der Waals surface area contributed by atoms with Gasteiger partial charge in [-0.1, -0.05) is 50.6 Å². The van der Waals surface area contributed by atoms with Gasteiger partial charge in [-0.3, -0.25) is 0 Å². The third-order valence-electron chi connectivity index (χ3n) is 6.52. The van der Waals surface area contributed by atoms with E-state index in [2.05, 4.69) is 78.1 Å². The second-order valence-corrected chi connectivity index (χ2v) is 9.96. The topological polar surface area (TPSA) is 22.1 Å². The van der Waals surface area contributed by atoms with Crippen molar-refractivity contribution < 1.29 is 4.74 Å². The summed E-state index contributed by atoms with van der Waals surface area (Å²) in [4.78, 5) is 6.16. The Balaban J connectivity index is 1.72. The molecule has 0 saturated heterocycles. The normalized spacial score (nSPS) is 22.6. The Morgan fingerprint density at radius 2 is 2.03 bits per heavy atom. The van der Waals surface area contributed by atoms with Crippen LogP contribution in [0.2, 0.25) is 0 Å². The molecule has 30 heavy (non-hydrogen) atoms. The van der Waals surface area contributed by atoms with Crippen molar-refractivity contribution in [3.8, 4) is 10.4 Å². The Kier molecular flexibility index (Phi) is 6.02. The lowest BCUT2D eigenvalue weighted by Gasteiger charge is -2.27. The van der Waals surface area contributed by atoms with Gasteiger partial charge in [0, 0.05) is 17.7 Å². The molecule has 158 valence electrons. The maximum absolute atomic E-state index is 6.16. The van der Waals surface area contributed by atoms with Gasteiger partial charge >= 0.3 is 0 Å². The quantitative estimate of drug-likeness (QED) is 0.491. The molecule has 3 heteroatoms.